The number of hydrogen-bond acceptors (Lipinski definition) is 4. The molecule has 0 spiro atoms. The number of rotatable bonds is 3. The fraction of sp³-hybridized carbons (Fsp3) is 0.308. The van der Waals surface area contributed by atoms with E-state index in [9.17, 15) is 4.79 Å². The molecule has 2 unspecified atom stereocenters. The van der Waals surface area contributed by atoms with Gasteiger partial charge >= 0.3 is 0 Å². The summed E-state index contributed by atoms with van der Waals surface area (Å²) in [6.07, 6.45) is 6.28. The van der Waals surface area contributed by atoms with Crippen LogP contribution in [0.4, 0.5) is 0 Å². The van der Waals surface area contributed by atoms with Crippen LogP contribution in [0.5, 0.6) is 0 Å². The highest BCUT2D eigenvalue weighted by Gasteiger charge is 2.22. The molecule has 0 bridgehead atoms. The summed E-state index contributed by atoms with van der Waals surface area (Å²) in [6, 6.07) is 5.67. The minimum atomic E-state index is -0.130. The zero-order chi connectivity index (χ0) is 13.2. The molecule has 0 fully saturated rings. The van der Waals surface area contributed by atoms with Crippen LogP contribution in [0, 0.1) is 5.92 Å². The van der Waals surface area contributed by atoms with Gasteiger partial charge in [-0.1, -0.05) is 18.2 Å². The van der Waals surface area contributed by atoms with Crippen molar-refractivity contribution in [2.45, 2.75) is 19.0 Å². The first-order chi connectivity index (χ1) is 9.24. The second kappa shape index (κ2) is 4.81. The lowest BCUT2D eigenvalue weighted by Gasteiger charge is -2.09. The molecular formula is C13H15N5O. The number of nitrogens with two attached hydrogens (primary N) is 1. The Morgan fingerprint density at radius 3 is 3.11 bits per heavy atom. The molecule has 19 heavy (non-hydrogen) atoms. The average Bonchev–Trinajstić information content (AvgIpc) is 3.02. The van der Waals surface area contributed by atoms with E-state index < -0.39 is 0 Å². The number of pyridine rings is 1. The molecule has 1 aliphatic rings. The first-order valence-electron chi connectivity index (χ1n) is 6.24. The maximum absolute atomic E-state index is 11.9. The third-order valence-electron chi connectivity index (χ3n) is 3.26. The zero-order valence-electron chi connectivity index (χ0n) is 10.4. The number of fused-ring (bicyclic) bond motifs is 1. The van der Waals surface area contributed by atoms with Crippen molar-refractivity contribution in [3.8, 4) is 0 Å². The molecule has 0 radical (unpaired) electrons. The highest BCUT2D eigenvalue weighted by Crippen LogP contribution is 2.16. The Labute approximate surface area is 110 Å². The molecule has 3 rings (SSSR count). The van der Waals surface area contributed by atoms with Crippen molar-refractivity contribution in [3.05, 3.63) is 42.4 Å². The first-order valence-corrected chi connectivity index (χ1v) is 6.24. The summed E-state index contributed by atoms with van der Waals surface area (Å²) < 4.78 is 1.86. The minimum Gasteiger partial charge on any atom is -0.348 e. The van der Waals surface area contributed by atoms with E-state index in [1.165, 1.54) is 0 Å². The molecule has 6 heteroatoms. The maximum atomic E-state index is 11.9. The lowest BCUT2D eigenvalue weighted by atomic mass is 10.1. The average molecular weight is 257 g/mol. The van der Waals surface area contributed by atoms with Crippen molar-refractivity contribution in [1.82, 2.24) is 19.9 Å². The van der Waals surface area contributed by atoms with Gasteiger partial charge in [-0.25, -0.2) is 0 Å². The van der Waals surface area contributed by atoms with Gasteiger partial charge in [-0.2, -0.15) is 0 Å². The summed E-state index contributed by atoms with van der Waals surface area (Å²) in [5.41, 5.74) is 6.51. The third-order valence-corrected chi connectivity index (χ3v) is 3.26. The minimum absolute atomic E-state index is 0.00956. The molecule has 0 saturated carbocycles. The van der Waals surface area contributed by atoms with Crippen LogP contribution in [0.25, 0.3) is 5.65 Å². The highest BCUT2D eigenvalue weighted by molar-refractivity contribution is 5.81. The number of aromatic nitrogens is 3. The molecule has 2 aromatic rings. The van der Waals surface area contributed by atoms with Crippen LogP contribution < -0.4 is 11.1 Å². The Morgan fingerprint density at radius 1 is 1.42 bits per heavy atom. The summed E-state index contributed by atoms with van der Waals surface area (Å²) in [7, 11) is 0. The smallest absolute Gasteiger partial charge is 0.227 e. The Kier molecular flexibility index (Phi) is 3.00. The van der Waals surface area contributed by atoms with E-state index in [0.717, 1.165) is 11.5 Å². The molecule has 2 heterocycles. The van der Waals surface area contributed by atoms with Gasteiger partial charge in [-0.05, 0) is 18.6 Å². The molecule has 98 valence electrons. The molecule has 2 atom stereocenters. The van der Waals surface area contributed by atoms with E-state index >= 15 is 0 Å². The standard InChI is InChI=1S/C13H15N5O/c14-10-5-4-9(7-10)13(19)15-8-12-17-16-11-3-1-2-6-18(11)12/h1-6,9-10H,7-8,14H2,(H,15,19). The monoisotopic (exact) mass is 257 g/mol. The number of nitrogens with one attached hydrogen (secondary N) is 1. The van der Waals surface area contributed by atoms with Gasteiger partial charge in [0.25, 0.3) is 0 Å². The first kappa shape index (κ1) is 11.9. The largest absolute Gasteiger partial charge is 0.348 e. The maximum Gasteiger partial charge on any atom is 0.227 e. The van der Waals surface area contributed by atoms with Crippen LogP contribution in [0.3, 0.4) is 0 Å². The summed E-state index contributed by atoms with van der Waals surface area (Å²) in [5.74, 6) is 0.571. The summed E-state index contributed by atoms with van der Waals surface area (Å²) >= 11 is 0. The van der Waals surface area contributed by atoms with Crippen LogP contribution in [0.15, 0.2) is 36.5 Å². The number of carbonyl (C=O) groups is 1. The number of amides is 1. The molecule has 6 nitrogen and oxygen atoms in total. The van der Waals surface area contributed by atoms with Gasteiger partial charge in [0.05, 0.1) is 12.5 Å². The summed E-state index contributed by atoms with van der Waals surface area (Å²) in [4.78, 5) is 11.9. The van der Waals surface area contributed by atoms with E-state index in [1.54, 1.807) is 0 Å². The Balaban J connectivity index is 1.66. The van der Waals surface area contributed by atoms with Crippen molar-refractivity contribution < 1.29 is 4.79 Å². The van der Waals surface area contributed by atoms with Crippen LogP contribution in [0.1, 0.15) is 12.2 Å². The van der Waals surface area contributed by atoms with E-state index in [-0.39, 0.29) is 17.9 Å². The van der Waals surface area contributed by atoms with Gasteiger partial charge in [-0.3, -0.25) is 9.20 Å². The topological polar surface area (TPSA) is 85.3 Å². The normalized spacial score (nSPS) is 21.9. The van der Waals surface area contributed by atoms with E-state index in [0.29, 0.717) is 13.0 Å². The molecule has 1 aliphatic carbocycles. The van der Waals surface area contributed by atoms with Crippen LogP contribution in [0.2, 0.25) is 0 Å². The lowest BCUT2D eigenvalue weighted by molar-refractivity contribution is -0.123. The van der Waals surface area contributed by atoms with Crippen molar-refractivity contribution in [2.24, 2.45) is 11.7 Å². The van der Waals surface area contributed by atoms with Gasteiger partial charge in [0.15, 0.2) is 11.5 Å². The molecule has 0 aromatic carbocycles. The van der Waals surface area contributed by atoms with Crippen molar-refractivity contribution in [3.63, 3.8) is 0 Å². The Morgan fingerprint density at radius 2 is 2.32 bits per heavy atom. The van der Waals surface area contributed by atoms with Crippen molar-refractivity contribution in [2.75, 3.05) is 0 Å². The molecular weight excluding hydrogens is 242 g/mol. The van der Waals surface area contributed by atoms with Crippen LogP contribution in [-0.4, -0.2) is 26.5 Å². The highest BCUT2D eigenvalue weighted by atomic mass is 16.1. The number of nitrogens with zero attached hydrogens (tertiary/aromatic N) is 3. The van der Waals surface area contributed by atoms with Gasteiger partial charge in [-0.15, -0.1) is 10.2 Å². The van der Waals surface area contributed by atoms with Gasteiger partial charge < -0.3 is 11.1 Å². The van der Waals surface area contributed by atoms with Crippen LogP contribution >= 0.6 is 0 Å². The fourth-order valence-electron chi connectivity index (χ4n) is 2.23. The second-order valence-electron chi connectivity index (χ2n) is 4.65. The lowest BCUT2D eigenvalue weighted by Crippen LogP contribution is -2.30. The van der Waals surface area contributed by atoms with Gasteiger partial charge in [0.2, 0.25) is 5.91 Å². The predicted octanol–water partition coefficient (Wildman–Crippen LogP) is 0.249. The molecule has 0 aliphatic heterocycles. The molecule has 3 N–H and O–H groups in total. The Hall–Kier alpha value is -2.21. The number of hydrogen-bond donors (Lipinski definition) is 2. The van der Waals surface area contributed by atoms with E-state index in [4.69, 9.17) is 5.73 Å². The fourth-order valence-corrected chi connectivity index (χ4v) is 2.23. The zero-order valence-corrected chi connectivity index (χ0v) is 10.4. The molecule has 1 amide bonds. The van der Waals surface area contributed by atoms with Crippen molar-refractivity contribution >= 4 is 11.6 Å². The second-order valence-corrected chi connectivity index (χ2v) is 4.65. The molecule has 0 saturated heterocycles. The van der Waals surface area contributed by atoms with E-state index in [1.807, 2.05) is 40.9 Å². The third kappa shape index (κ3) is 2.34. The quantitative estimate of drug-likeness (QED) is 0.772. The van der Waals surface area contributed by atoms with Gasteiger partial charge in [0, 0.05) is 12.2 Å². The summed E-state index contributed by atoms with van der Waals surface area (Å²) in [6.45, 7) is 0.365. The summed E-state index contributed by atoms with van der Waals surface area (Å²) in [5, 5.41) is 11.0. The number of carbonyl (C=O) groups excluding carboxylic acids is 1. The molecule has 2 aromatic heterocycles. The SMILES string of the molecule is NC1C=CC(C(=O)NCc2nnc3ccccn23)C1. The Bertz CT molecular complexity index is 633. The van der Waals surface area contributed by atoms with E-state index in [2.05, 4.69) is 15.5 Å². The van der Waals surface area contributed by atoms with Gasteiger partial charge in [0.1, 0.15) is 0 Å². The van der Waals surface area contributed by atoms with Crippen molar-refractivity contribution in [1.29, 1.82) is 0 Å². The van der Waals surface area contributed by atoms with Crippen LogP contribution in [-0.2, 0) is 11.3 Å². The predicted molar refractivity (Wildman–Crippen MR) is 70.1 cm³/mol.